The monoisotopic (exact) mass is 765 g/mol. The number of furan rings is 1. The van der Waals surface area contributed by atoms with Gasteiger partial charge in [-0.3, -0.25) is 0 Å². The third kappa shape index (κ3) is 6.61. The van der Waals surface area contributed by atoms with Gasteiger partial charge in [-0.05, 0) is 122 Å². The number of fused-ring (bicyclic) bond motifs is 4. The van der Waals surface area contributed by atoms with Crippen molar-refractivity contribution < 1.29 is 4.42 Å². The highest BCUT2D eigenvalue weighted by molar-refractivity contribution is 6.07. The van der Waals surface area contributed by atoms with Gasteiger partial charge in [-0.25, -0.2) is 0 Å². The predicted molar refractivity (Wildman–Crippen MR) is 253 cm³/mol. The molecular weight excluding hydrogens is 727 g/mol. The minimum atomic E-state index is 0.889. The van der Waals surface area contributed by atoms with Gasteiger partial charge in [-0.2, -0.15) is 0 Å². The number of benzene rings is 10. The molecule has 11 aromatic rings. The fourth-order valence-corrected chi connectivity index (χ4v) is 8.59. The molecule has 2 nitrogen and oxygen atoms in total. The lowest BCUT2D eigenvalue weighted by atomic mass is 9.96. The van der Waals surface area contributed by atoms with Crippen molar-refractivity contribution in [2.24, 2.45) is 0 Å². The summed E-state index contributed by atoms with van der Waals surface area (Å²) >= 11 is 0. The highest BCUT2D eigenvalue weighted by Gasteiger charge is 2.19. The molecule has 1 aromatic heterocycles. The number of hydrogen-bond donors (Lipinski definition) is 0. The van der Waals surface area contributed by atoms with Crippen molar-refractivity contribution in [3.05, 3.63) is 237 Å². The number of rotatable bonds is 8. The van der Waals surface area contributed by atoms with Crippen LogP contribution in [-0.2, 0) is 0 Å². The molecule has 0 radical (unpaired) electrons. The van der Waals surface area contributed by atoms with Gasteiger partial charge in [0.05, 0.1) is 5.69 Å². The Kier molecular flexibility index (Phi) is 8.87. The van der Waals surface area contributed by atoms with Crippen LogP contribution in [0.3, 0.4) is 0 Å². The van der Waals surface area contributed by atoms with Crippen LogP contribution >= 0.6 is 0 Å². The zero-order valence-corrected chi connectivity index (χ0v) is 32.9. The van der Waals surface area contributed by atoms with E-state index < -0.39 is 0 Å². The van der Waals surface area contributed by atoms with E-state index in [-0.39, 0.29) is 0 Å². The second-order valence-electron chi connectivity index (χ2n) is 15.3. The predicted octanol–water partition coefficient (Wildman–Crippen LogP) is 16.5. The number of anilines is 3. The standard InChI is InChI=1S/C58H39NO/c1-2-12-40(13-3-1)42-24-26-43(27-25-42)44-30-33-51(34-31-44)59(56-22-8-6-20-53(56)50-32-35-58-55(39-50)54-21-7-9-23-57(54)60-58)52-19-11-18-48(38-52)46-16-10-17-47(37-46)49-29-28-41-14-4-5-15-45(41)36-49/h1-39H. The Labute approximate surface area is 349 Å². The van der Waals surface area contributed by atoms with Gasteiger partial charge in [0.1, 0.15) is 11.2 Å². The first-order valence-corrected chi connectivity index (χ1v) is 20.5. The van der Waals surface area contributed by atoms with E-state index >= 15 is 0 Å². The van der Waals surface area contributed by atoms with Crippen LogP contribution in [0.2, 0.25) is 0 Å². The molecule has 0 aliphatic carbocycles. The summed E-state index contributed by atoms with van der Waals surface area (Å²) in [6.45, 7) is 0. The molecule has 60 heavy (non-hydrogen) atoms. The molecule has 0 aliphatic rings. The SMILES string of the molecule is c1ccc(-c2ccc(-c3ccc(N(c4cccc(-c5cccc(-c6ccc7ccccc7c6)c5)c4)c4ccccc4-c4ccc5oc6ccccc6c5c4)cc3)cc2)cc1. The first-order chi connectivity index (χ1) is 29.7. The summed E-state index contributed by atoms with van der Waals surface area (Å²) in [7, 11) is 0. The second-order valence-corrected chi connectivity index (χ2v) is 15.3. The van der Waals surface area contributed by atoms with Crippen molar-refractivity contribution in [1.29, 1.82) is 0 Å². The summed E-state index contributed by atoms with van der Waals surface area (Å²) in [6, 6.07) is 85.0. The molecule has 10 aromatic carbocycles. The van der Waals surface area contributed by atoms with Crippen molar-refractivity contribution in [3.8, 4) is 55.6 Å². The van der Waals surface area contributed by atoms with E-state index in [1.54, 1.807) is 0 Å². The average molecular weight is 766 g/mol. The van der Waals surface area contributed by atoms with Crippen LogP contribution in [0, 0.1) is 0 Å². The quantitative estimate of drug-likeness (QED) is 0.153. The fraction of sp³-hybridized carbons (Fsp3) is 0. The maximum atomic E-state index is 6.24. The first-order valence-electron chi connectivity index (χ1n) is 20.5. The van der Waals surface area contributed by atoms with Gasteiger partial charge in [0.2, 0.25) is 0 Å². The second kappa shape index (κ2) is 15.1. The van der Waals surface area contributed by atoms with Crippen molar-refractivity contribution in [1.82, 2.24) is 0 Å². The smallest absolute Gasteiger partial charge is 0.135 e. The van der Waals surface area contributed by atoms with Crippen LogP contribution in [0.4, 0.5) is 17.1 Å². The van der Waals surface area contributed by atoms with Gasteiger partial charge in [-0.15, -0.1) is 0 Å². The number of hydrogen-bond acceptors (Lipinski definition) is 2. The third-order valence-electron chi connectivity index (χ3n) is 11.7. The molecule has 0 atom stereocenters. The van der Waals surface area contributed by atoms with E-state index in [9.17, 15) is 0 Å². The van der Waals surface area contributed by atoms with Crippen LogP contribution in [0.5, 0.6) is 0 Å². The van der Waals surface area contributed by atoms with E-state index in [2.05, 4.69) is 229 Å². The number of nitrogens with zero attached hydrogens (tertiary/aromatic N) is 1. The Morgan fingerprint density at radius 1 is 0.267 bits per heavy atom. The Balaban J connectivity index is 1.01. The summed E-state index contributed by atoms with van der Waals surface area (Å²) in [4.78, 5) is 2.39. The van der Waals surface area contributed by atoms with Crippen LogP contribution < -0.4 is 4.90 Å². The van der Waals surface area contributed by atoms with Crippen molar-refractivity contribution in [2.75, 3.05) is 4.90 Å². The van der Waals surface area contributed by atoms with Crippen molar-refractivity contribution in [2.45, 2.75) is 0 Å². The topological polar surface area (TPSA) is 16.4 Å². The first kappa shape index (κ1) is 35.2. The van der Waals surface area contributed by atoms with Crippen LogP contribution in [-0.4, -0.2) is 0 Å². The molecule has 0 saturated carbocycles. The van der Waals surface area contributed by atoms with E-state index in [0.29, 0.717) is 0 Å². The highest BCUT2D eigenvalue weighted by atomic mass is 16.3. The zero-order chi connectivity index (χ0) is 39.8. The molecule has 0 bridgehead atoms. The van der Waals surface area contributed by atoms with E-state index in [0.717, 1.165) is 55.7 Å². The average Bonchev–Trinajstić information content (AvgIpc) is 3.70. The largest absolute Gasteiger partial charge is 0.456 e. The molecule has 282 valence electrons. The molecule has 2 heteroatoms. The summed E-state index contributed by atoms with van der Waals surface area (Å²) < 4.78 is 6.24. The maximum Gasteiger partial charge on any atom is 0.135 e. The summed E-state index contributed by atoms with van der Waals surface area (Å²) in [5, 5.41) is 4.72. The minimum Gasteiger partial charge on any atom is -0.456 e. The van der Waals surface area contributed by atoms with Gasteiger partial charge in [0, 0.05) is 27.7 Å². The van der Waals surface area contributed by atoms with Crippen LogP contribution in [0.25, 0.3) is 88.3 Å². The third-order valence-corrected chi connectivity index (χ3v) is 11.7. The summed E-state index contributed by atoms with van der Waals surface area (Å²) in [5.74, 6) is 0. The molecule has 0 aliphatic heterocycles. The van der Waals surface area contributed by atoms with Crippen LogP contribution in [0.15, 0.2) is 241 Å². The molecule has 11 rings (SSSR count). The normalized spacial score (nSPS) is 11.3. The highest BCUT2D eigenvalue weighted by Crippen LogP contribution is 2.44. The molecule has 0 N–H and O–H groups in total. The molecule has 0 fully saturated rings. The van der Waals surface area contributed by atoms with Gasteiger partial charge in [0.25, 0.3) is 0 Å². The molecule has 1 heterocycles. The van der Waals surface area contributed by atoms with E-state index in [1.807, 2.05) is 12.1 Å². The number of para-hydroxylation sites is 2. The zero-order valence-electron chi connectivity index (χ0n) is 32.9. The molecule has 0 amide bonds. The Hall–Kier alpha value is -7.94. The van der Waals surface area contributed by atoms with Gasteiger partial charge in [-0.1, -0.05) is 176 Å². The maximum absolute atomic E-state index is 6.24. The summed E-state index contributed by atoms with van der Waals surface area (Å²) in [6.07, 6.45) is 0. The Morgan fingerprint density at radius 3 is 1.58 bits per heavy atom. The van der Waals surface area contributed by atoms with Gasteiger partial charge < -0.3 is 9.32 Å². The fourth-order valence-electron chi connectivity index (χ4n) is 8.59. The molecule has 0 unspecified atom stereocenters. The van der Waals surface area contributed by atoms with E-state index in [1.165, 1.54) is 49.7 Å². The van der Waals surface area contributed by atoms with E-state index in [4.69, 9.17) is 4.42 Å². The van der Waals surface area contributed by atoms with Crippen LogP contribution in [0.1, 0.15) is 0 Å². The van der Waals surface area contributed by atoms with Gasteiger partial charge >= 0.3 is 0 Å². The summed E-state index contributed by atoms with van der Waals surface area (Å²) in [5.41, 5.74) is 16.8. The lowest BCUT2D eigenvalue weighted by molar-refractivity contribution is 0.669. The minimum absolute atomic E-state index is 0.889. The molecule has 0 spiro atoms. The molecule has 0 saturated heterocycles. The van der Waals surface area contributed by atoms with Crippen molar-refractivity contribution in [3.63, 3.8) is 0 Å². The van der Waals surface area contributed by atoms with Gasteiger partial charge in [0.15, 0.2) is 0 Å². The lowest BCUT2D eigenvalue weighted by Crippen LogP contribution is -2.11. The van der Waals surface area contributed by atoms with Crippen molar-refractivity contribution >= 4 is 49.8 Å². The Bertz CT molecular complexity index is 3310. The lowest BCUT2D eigenvalue weighted by Gasteiger charge is -2.28. The molecular formula is C58H39NO. The Morgan fingerprint density at radius 2 is 0.800 bits per heavy atom.